The molecule has 0 saturated heterocycles. The third-order valence-electron chi connectivity index (χ3n) is 2.91. The highest BCUT2D eigenvalue weighted by atomic mass is 16.6. The Morgan fingerprint density at radius 1 is 1.50 bits per heavy atom. The maximum atomic E-state index is 12.0. The maximum absolute atomic E-state index is 12.0. The Morgan fingerprint density at radius 2 is 2.15 bits per heavy atom. The molecule has 20 heavy (non-hydrogen) atoms. The summed E-state index contributed by atoms with van der Waals surface area (Å²) in [5.41, 5.74) is 0.128. The van der Waals surface area contributed by atoms with Crippen LogP contribution in [0.5, 0.6) is 0 Å². The van der Waals surface area contributed by atoms with Gasteiger partial charge in [0.05, 0.1) is 13.5 Å². The highest BCUT2D eigenvalue weighted by Crippen LogP contribution is 2.15. The molecule has 1 unspecified atom stereocenters. The van der Waals surface area contributed by atoms with Crippen molar-refractivity contribution < 1.29 is 19.6 Å². The molecule has 1 amide bonds. The van der Waals surface area contributed by atoms with Crippen LogP contribution in [0.4, 0.5) is 5.82 Å². The van der Waals surface area contributed by atoms with Gasteiger partial charge in [0.25, 0.3) is 5.91 Å². The Labute approximate surface area is 115 Å². The molecule has 0 radical (unpaired) electrons. The van der Waals surface area contributed by atoms with E-state index in [1.54, 1.807) is 0 Å². The van der Waals surface area contributed by atoms with E-state index in [4.69, 9.17) is 5.11 Å². The summed E-state index contributed by atoms with van der Waals surface area (Å²) >= 11 is 0. The van der Waals surface area contributed by atoms with Gasteiger partial charge in [0.1, 0.15) is 0 Å². The number of carbonyl (C=O) groups is 2. The lowest BCUT2D eigenvalue weighted by molar-refractivity contribution is -0.391. The minimum absolute atomic E-state index is 0.128. The molecule has 0 aromatic carbocycles. The molecule has 0 aliphatic rings. The van der Waals surface area contributed by atoms with Crippen LogP contribution in [0, 0.1) is 10.1 Å². The lowest BCUT2D eigenvalue weighted by atomic mass is 10.1. The molecule has 8 nitrogen and oxygen atoms in total. The Kier molecular flexibility index (Phi) is 5.24. The Hall–Kier alpha value is -2.38. The monoisotopic (exact) mass is 283 g/mol. The van der Waals surface area contributed by atoms with Gasteiger partial charge in [0, 0.05) is 12.1 Å². The number of carboxylic acid groups (broad SMARTS) is 1. The van der Waals surface area contributed by atoms with E-state index in [2.05, 4.69) is 5.32 Å². The summed E-state index contributed by atoms with van der Waals surface area (Å²) in [5.74, 6) is -1.71. The predicted molar refractivity (Wildman–Crippen MR) is 70.5 cm³/mol. The smallest absolute Gasteiger partial charge is 0.323 e. The van der Waals surface area contributed by atoms with Gasteiger partial charge < -0.3 is 20.5 Å². The largest absolute Gasteiger partial charge is 0.481 e. The standard InChI is InChI=1S/C12H17N3O5/c1-3-4-8(7-11(16)17)13-12(18)9-5-6-10(14(9)2)15(19)20/h5-6,8H,3-4,7H2,1-2H3,(H,13,18)(H,16,17). The SMILES string of the molecule is CCCC(CC(=O)O)NC(=O)c1ccc([N+](=O)[O-])n1C. The zero-order valence-electron chi connectivity index (χ0n) is 11.3. The molecule has 0 spiro atoms. The van der Waals surface area contributed by atoms with Crippen molar-refractivity contribution in [3.8, 4) is 0 Å². The maximum Gasteiger partial charge on any atom is 0.323 e. The van der Waals surface area contributed by atoms with Crippen molar-refractivity contribution in [2.75, 3.05) is 0 Å². The van der Waals surface area contributed by atoms with E-state index in [1.165, 1.54) is 23.7 Å². The minimum Gasteiger partial charge on any atom is -0.481 e. The Bertz CT molecular complexity index is 523. The highest BCUT2D eigenvalue weighted by Gasteiger charge is 2.23. The Morgan fingerprint density at radius 3 is 2.60 bits per heavy atom. The summed E-state index contributed by atoms with van der Waals surface area (Å²) in [4.78, 5) is 32.9. The van der Waals surface area contributed by atoms with E-state index in [0.29, 0.717) is 6.42 Å². The fourth-order valence-electron chi connectivity index (χ4n) is 1.96. The average Bonchev–Trinajstić information content (AvgIpc) is 2.70. The van der Waals surface area contributed by atoms with Gasteiger partial charge in [-0.1, -0.05) is 13.3 Å². The van der Waals surface area contributed by atoms with E-state index in [0.717, 1.165) is 6.42 Å². The molecule has 8 heteroatoms. The van der Waals surface area contributed by atoms with Crippen LogP contribution < -0.4 is 5.32 Å². The summed E-state index contributed by atoms with van der Waals surface area (Å²) in [6.07, 6.45) is 1.09. The lowest BCUT2D eigenvalue weighted by Crippen LogP contribution is -2.37. The second kappa shape index (κ2) is 6.69. The van der Waals surface area contributed by atoms with Crippen molar-refractivity contribution in [1.82, 2.24) is 9.88 Å². The third kappa shape index (κ3) is 3.81. The van der Waals surface area contributed by atoms with Gasteiger partial charge in [-0.05, 0) is 17.4 Å². The number of aliphatic carboxylic acids is 1. The van der Waals surface area contributed by atoms with Gasteiger partial charge in [0.2, 0.25) is 0 Å². The molecule has 1 rings (SSSR count). The van der Waals surface area contributed by atoms with E-state index < -0.39 is 22.8 Å². The second-order valence-electron chi connectivity index (χ2n) is 4.45. The van der Waals surface area contributed by atoms with E-state index in [9.17, 15) is 19.7 Å². The predicted octanol–water partition coefficient (Wildman–Crippen LogP) is 1.31. The fraction of sp³-hybridized carbons (Fsp3) is 0.500. The fourth-order valence-corrected chi connectivity index (χ4v) is 1.96. The number of nitrogens with zero attached hydrogens (tertiary/aromatic N) is 2. The molecule has 1 heterocycles. The molecule has 0 aliphatic heterocycles. The molecular weight excluding hydrogens is 266 g/mol. The first-order chi connectivity index (χ1) is 9.36. The number of carbonyl (C=O) groups excluding carboxylic acids is 1. The van der Waals surface area contributed by atoms with Gasteiger partial charge in [-0.15, -0.1) is 0 Å². The molecule has 1 aromatic heterocycles. The summed E-state index contributed by atoms with van der Waals surface area (Å²) < 4.78 is 1.17. The number of aromatic nitrogens is 1. The summed E-state index contributed by atoms with van der Waals surface area (Å²) in [5, 5.41) is 22.1. The average molecular weight is 283 g/mol. The lowest BCUT2D eigenvalue weighted by Gasteiger charge is -2.15. The van der Waals surface area contributed by atoms with Crippen molar-refractivity contribution in [2.45, 2.75) is 32.2 Å². The molecule has 0 fully saturated rings. The van der Waals surface area contributed by atoms with Gasteiger partial charge in [0.15, 0.2) is 5.69 Å². The van der Waals surface area contributed by atoms with Crippen LogP contribution >= 0.6 is 0 Å². The highest BCUT2D eigenvalue weighted by molar-refractivity contribution is 5.93. The molecule has 110 valence electrons. The van der Waals surface area contributed by atoms with Crippen LogP contribution in [0.25, 0.3) is 0 Å². The van der Waals surface area contributed by atoms with Gasteiger partial charge in [-0.3, -0.25) is 9.59 Å². The number of amides is 1. The quantitative estimate of drug-likeness (QED) is 0.578. The first kappa shape index (κ1) is 15.7. The van der Waals surface area contributed by atoms with Crippen LogP contribution in [0.3, 0.4) is 0 Å². The first-order valence-corrected chi connectivity index (χ1v) is 6.19. The zero-order chi connectivity index (χ0) is 15.3. The van der Waals surface area contributed by atoms with Crippen molar-refractivity contribution in [3.05, 3.63) is 27.9 Å². The number of carboxylic acids is 1. The molecule has 0 aliphatic carbocycles. The molecule has 0 saturated carbocycles. The number of nitro groups is 1. The van der Waals surface area contributed by atoms with Crippen molar-refractivity contribution >= 4 is 17.7 Å². The van der Waals surface area contributed by atoms with Crippen LogP contribution in [0.1, 0.15) is 36.7 Å². The summed E-state index contributed by atoms with van der Waals surface area (Å²) in [7, 11) is 1.42. The topological polar surface area (TPSA) is 114 Å². The molecule has 0 bridgehead atoms. The third-order valence-corrected chi connectivity index (χ3v) is 2.91. The van der Waals surface area contributed by atoms with Crippen molar-refractivity contribution in [1.29, 1.82) is 0 Å². The van der Waals surface area contributed by atoms with Crippen LogP contribution in [0.15, 0.2) is 12.1 Å². The van der Waals surface area contributed by atoms with E-state index in [1.807, 2.05) is 6.92 Å². The molecular formula is C12H17N3O5. The minimum atomic E-state index is -0.999. The number of hydrogen-bond acceptors (Lipinski definition) is 4. The van der Waals surface area contributed by atoms with Gasteiger partial charge in [-0.25, -0.2) is 4.57 Å². The number of rotatable bonds is 7. The number of nitrogens with one attached hydrogen (secondary N) is 1. The van der Waals surface area contributed by atoms with Gasteiger partial charge in [-0.2, -0.15) is 0 Å². The van der Waals surface area contributed by atoms with Gasteiger partial charge >= 0.3 is 11.8 Å². The second-order valence-corrected chi connectivity index (χ2v) is 4.45. The molecule has 2 N–H and O–H groups in total. The van der Waals surface area contributed by atoms with Crippen LogP contribution in [-0.2, 0) is 11.8 Å². The Balaban J connectivity index is 2.83. The van der Waals surface area contributed by atoms with Crippen LogP contribution in [-0.4, -0.2) is 32.5 Å². The van der Waals surface area contributed by atoms with E-state index in [-0.39, 0.29) is 17.9 Å². The zero-order valence-corrected chi connectivity index (χ0v) is 11.3. The normalized spacial score (nSPS) is 11.9. The summed E-state index contributed by atoms with van der Waals surface area (Å²) in [6.45, 7) is 1.88. The first-order valence-electron chi connectivity index (χ1n) is 6.19. The van der Waals surface area contributed by atoms with Crippen molar-refractivity contribution in [2.24, 2.45) is 7.05 Å². The van der Waals surface area contributed by atoms with E-state index >= 15 is 0 Å². The van der Waals surface area contributed by atoms with Crippen molar-refractivity contribution in [3.63, 3.8) is 0 Å². The summed E-state index contributed by atoms with van der Waals surface area (Å²) in [6, 6.07) is 2.09. The molecule has 1 atom stereocenters. The number of hydrogen-bond donors (Lipinski definition) is 2. The van der Waals surface area contributed by atoms with Crippen LogP contribution in [0.2, 0.25) is 0 Å². The molecule has 1 aromatic rings.